The summed E-state index contributed by atoms with van der Waals surface area (Å²) in [5.41, 5.74) is 1.18. The zero-order valence-electron chi connectivity index (χ0n) is 9.03. The molecule has 0 aliphatic carbocycles. The van der Waals surface area contributed by atoms with Crippen LogP contribution in [0.1, 0.15) is 19.8 Å². The first-order valence-corrected chi connectivity index (χ1v) is 5.18. The third kappa shape index (κ3) is 1.13. The van der Waals surface area contributed by atoms with E-state index in [9.17, 15) is 4.79 Å². The highest BCUT2D eigenvalue weighted by Crippen LogP contribution is 2.28. The Balaban J connectivity index is 2.30. The number of carbonyl (C=O) groups is 1. The lowest BCUT2D eigenvalue weighted by Gasteiger charge is -2.30. The van der Waals surface area contributed by atoms with Crippen molar-refractivity contribution in [3.8, 4) is 0 Å². The maximum absolute atomic E-state index is 11.8. The van der Waals surface area contributed by atoms with Crippen LogP contribution in [0.4, 0.5) is 4.79 Å². The Hall–Kier alpha value is -1.06. The number of rotatable bonds is 1. The highest BCUT2D eigenvalue weighted by atomic mass is 16.2. The minimum Gasteiger partial charge on any atom is -0.319 e. The van der Waals surface area contributed by atoms with Crippen molar-refractivity contribution in [2.45, 2.75) is 31.8 Å². The molecule has 78 valence electrons. The molecule has 0 N–H and O–H groups in total. The topological polar surface area (TPSA) is 35.9 Å². The van der Waals surface area contributed by atoms with Crippen molar-refractivity contribution in [1.82, 2.24) is 9.80 Å². The van der Waals surface area contributed by atoms with Crippen LogP contribution in [0.15, 0.2) is 4.99 Å². The average Bonchev–Trinajstić information content (AvgIpc) is 2.46. The summed E-state index contributed by atoms with van der Waals surface area (Å²) in [7, 11) is 3.70. The van der Waals surface area contributed by atoms with Gasteiger partial charge in [0.2, 0.25) is 0 Å². The molecule has 2 aliphatic rings. The molecule has 2 saturated heterocycles. The van der Waals surface area contributed by atoms with E-state index in [0.717, 1.165) is 19.4 Å². The monoisotopic (exact) mass is 195 g/mol. The standard InChI is InChI=1S/C10H17N3O/c1-4-7-5-8(11-2)9-6-13(7)10(14)12(9)3/h7,9H,4-6H2,1-3H3/t7-,9+/m1/s1. The minimum absolute atomic E-state index is 0.167. The van der Waals surface area contributed by atoms with Crippen LogP contribution in [0.25, 0.3) is 0 Å². The van der Waals surface area contributed by atoms with Gasteiger partial charge in [-0.25, -0.2) is 4.79 Å². The summed E-state index contributed by atoms with van der Waals surface area (Å²) >= 11 is 0. The van der Waals surface area contributed by atoms with Crippen LogP contribution < -0.4 is 0 Å². The fourth-order valence-corrected chi connectivity index (χ4v) is 2.45. The van der Waals surface area contributed by atoms with Gasteiger partial charge >= 0.3 is 6.03 Å². The maximum Gasteiger partial charge on any atom is 0.320 e. The molecular weight excluding hydrogens is 178 g/mol. The van der Waals surface area contributed by atoms with Gasteiger partial charge in [0.25, 0.3) is 0 Å². The Bertz CT molecular complexity index is 287. The third-order valence-corrected chi connectivity index (χ3v) is 3.41. The molecule has 2 fully saturated rings. The molecule has 0 saturated carbocycles. The van der Waals surface area contributed by atoms with Crippen LogP contribution in [0.3, 0.4) is 0 Å². The molecule has 0 aromatic heterocycles. The van der Waals surface area contributed by atoms with Crippen molar-refractivity contribution >= 4 is 11.7 Å². The van der Waals surface area contributed by atoms with Gasteiger partial charge in [0, 0.05) is 38.8 Å². The number of amides is 2. The maximum atomic E-state index is 11.8. The highest BCUT2D eigenvalue weighted by molar-refractivity contribution is 5.98. The van der Waals surface area contributed by atoms with Crippen LogP contribution in [-0.4, -0.2) is 54.3 Å². The van der Waals surface area contributed by atoms with Gasteiger partial charge in [0.05, 0.1) is 6.04 Å². The molecule has 2 heterocycles. The van der Waals surface area contributed by atoms with Crippen LogP contribution >= 0.6 is 0 Å². The van der Waals surface area contributed by atoms with E-state index in [1.54, 1.807) is 0 Å². The first-order chi connectivity index (χ1) is 6.69. The van der Waals surface area contributed by atoms with E-state index in [1.807, 2.05) is 23.9 Å². The SMILES string of the molecule is CC[C@@H]1CC(=NC)[C@@H]2CN1C(=O)N2C. The van der Waals surface area contributed by atoms with Gasteiger partial charge in [-0.15, -0.1) is 0 Å². The normalized spacial score (nSPS) is 34.5. The molecule has 2 bridgehead atoms. The first-order valence-electron chi connectivity index (χ1n) is 5.18. The van der Waals surface area contributed by atoms with E-state index in [1.165, 1.54) is 5.71 Å². The van der Waals surface area contributed by atoms with Crippen molar-refractivity contribution in [2.24, 2.45) is 4.99 Å². The minimum atomic E-state index is 0.167. The van der Waals surface area contributed by atoms with Crippen LogP contribution in [0.2, 0.25) is 0 Å². The fraction of sp³-hybridized carbons (Fsp3) is 0.800. The molecule has 0 spiro atoms. The number of aliphatic imine (C=N–C) groups is 1. The molecule has 0 aromatic rings. The van der Waals surface area contributed by atoms with Crippen molar-refractivity contribution in [3.05, 3.63) is 0 Å². The number of piperidine rings is 1. The number of likely N-dealkylation sites (N-methyl/N-ethyl adjacent to an activating group) is 1. The zero-order valence-corrected chi connectivity index (χ0v) is 9.03. The average molecular weight is 195 g/mol. The Kier molecular flexibility index (Phi) is 2.21. The van der Waals surface area contributed by atoms with Gasteiger partial charge in [-0.3, -0.25) is 4.99 Å². The summed E-state index contributed by atoms with van der Waals surface area (Å²) in [5, 5.41) is 0. The predicted octanol–water partition coefficient (Wildman–Crippen LogP) is 0.976. The van der Waals surface area contributed by atoms with E-state index in [2.05, 4.69) is 11.9 Å². The molecule has 4 heteroatoms. The van der Waals surface area contributed by atoms with Gasteiger partial charge in [0.15, 0.2) is 0 Å². The lowest BCUT2D eigenvalue weighted by atomic mass is 9.96. The van der Waals surface area contributed by atoms with E-state index in [4.69, 9.17) is 0 Å². The van der Waals surface area contributed by atoms with Gasteiger partial charge in [-0.1, -0.05) is 6.92 Å². The Morgan fingerprint density at radius 3 is 2.86 bits per heavy atom. The molecule has 14 heavy (non-hydrogen) atoms. The zero-order chi connectivity index (χ0) is 10.3. The summed E-state index contributed by atoms with van der Waals surface area (Å²) < 4.78 is 0. The highest BCUT2D eigenvalue weighted by Gasteiger charge is 2.45. The van der Waals surface area contributed by atoms with Gasteiger partial charge < -0.3 is 9.80 Å². The number of hydrogen-bond acceptors (Lipinski definition) is 2. The number of urea groups is 1. The Labute approximate surface area is 84.6 Å². The van der Waals surface area contributed by atoms with Crippen LogP contribution in [0, 0.1) is 0 Å². The third-order valence-electron chi connectivity index (χ3n) is 3.41. The molecule has 2 aliphatic heterocycles. The molecular formula is C10H17N3O. The molecule has 2 atom stereocenters. The predicted molar refractivity (Wildman–Crippen MR) is 55.7 cm³/mol. The second-order valence-corrected chi connectivity index (χ2v) is 4.04. The Morgan fingerprint density at radius 2 is 2.29 bits per heavy atom. The summed E-state index contributed by atoms with van der Waals surface area (Å²) in [4.78, 5) is 19.9. The lowest BCUT2D eigenvalue weighted by Crippen LogP contribution is -2.44. The van der Waals surface area contributed by atoms with E-state index in [-0.39, 0.29) is 12.1 Å². The smallest absolute Gasteiger partial charge is 0.319 e. The van der Waals surface area contributed by atoms with Gasteiger partial charge in [-0.2, -0.15) is 0 Å². The summed E-state index contributed by atoms with van der Waals surface area (Å²) in [6, 6.07) is 0.762. The molecule has 0 radical (unpaired) electrons. The first kappa shape index (κ1) is 9.49. The van der Waals surface area contributed by atoms with E-state index < -0.39 is 0 Å². The molecule has 0 unspecified atom stereocenters. The summed E-state index contributed by atoms with van der Waals surface area (Å²) in [5.74, 6) is 0. The van der Waals surface area contributed by atoms with Crippen molar-refractivity contribution in [1.29, 1.82) is 0 Å². The number of carbonyl (C=O) groups excluding carboxylic acids is 1. The molecule has 2 rings (SSSR count). The number of fused-ring (bicyclic) bond motifs is 2. The Morgan fingerprint density at radius 1 is 1.57 bits per heavy atom. The lowest BCUT2D eigenvalue weighted by molar-refractivity contribution is 0.183. The second-order valence-electron chi connectivity index (χ2n) is 4.04. The van der Waals surface area contributed by atoms with E-state index >= 15 is 0 Å². The molecule has 4 nitrogen and oxygen atoms in total. The van der Waals surface area contributed by atoms with Crippen molar-refractivity contribution < 1.29 is 4.79 Å². The fourth-order valence-electron chi connectivity index (χ4n) is 2.45. The number of hydrogen-bond donors (Lipinski definition) is 0. The van der Waals surface area contributed by atoms with Crippen LogP contribution in [-0.2, 0) is 0 Å². The summed E-state index contributed by atoms with van der Waals surface area (Å²) in [6.45, 7) is 2.96. The largest absolute Gasteiger partial charge is 0.320 e. The number of nitrogens with zero attached hydrogens (tertiary/aromatic N) is 3. The molecule has 0 aromatic carbocycles. The molecule has 2 amide bonds. The van der Waals surface area contributed by atoms with Crippen molar-refractivity contribution in [3.63, 3.8) is 0 Å². The van der Waals surface area contributed by atoms with Gasteiger partial charge in [-0.05, 0) is 6.42 Å². The second kappa shape index (κ2) is 3.26. The van der Waals surface area contributed by atoms with Gasteiger partial charge in [0.1, 0.15) is 0 Å². The quantitative estimate of drug-likeness (QED) is 0.614. The van der Waals surface area contributed by atoms with E-state index in [0.29, 0.717) is 6.04 Å². The van der Waals surface area contributed by atoms with Crippen molar-refractivity contribution in [2.75, 3.05) is 20.6 Å². The van der Waals surface area contributed by atoms with Crippen LogP contribution in [0.5, 0.6) is 0 Å². The summed E-state index contributed by atoms with van der Waals surface area (Å²) in [6.07, 6.45) is 1.97.